The molecule has 0 radical (unpaired) electrons. The van der Waals surface area contributed by atoms with Crippen LogP contribution in [0.3, 0.4) is 0 Å². The predicted octanol–water partition coefficient (Wildman–Crippen LogP) is 3.42. The van der Waals surface area contributed by atoms with E-state index in [1.165, 1.54) is 0 Å². The SMILES string of the molecule is Cc1cc(N)c(Cl)cc1Oc1cccnc1. The van der Waals surface area contributed by atoms with Crippen LogP contribution in [0, 0.1) is 6.92 Å². The van der Waals surface area contributed by atoms with Crippen LogP contribution in [0.1, 0.15) is 5.56 Å². The molecule has 2 N–H and O–H groups in total. The maximum absolute atomic E-state index is 5.93. The molecule has 0 unspecified atom stereocenters. The van der Waals surface area contributed by atoms with Crippen molar-refractivity contribution < 1.29 is 4.74 Å². The molecule has 0 aliphatic heterocycles. The second-order valence-electron chi connectivity index (χ2n) is 3.43. The summed E-state index contributed by atoms with van der Waals surface area (Å²) in [5, 5.41) is 0.490. The smallest absolute Gasteiger partial charge is 0.145 e. The highest BCUT2D eigenvalue weighted by Gasteiger charge is 2.05. The highest BCUT2D eigenvalue weighted by atomic mass is 35.5. The third-order valence-electron chi connectivity index (χ3n) is 2.16. The molecule has 0 aliphatic carbocycles. The summed E-state index contributed by atoms with van der Waals surface area (Å²) in [6.07, 6.45) is 3.33. The molecule has 16 heavy (non-hydrogen) atoms. The number of halogens is 1. The number of pyridine rings is 1. The van der Waals surface area contributed by atoms with Crippen LogP contribution < -0.4 is 10.5 Å². The minimum Gasteiger partial charge on any atom is -0.455 e. The van der Waals surface area contributed by atoms with Crippen LogP contribution in [0.2, 0.25) is 5.02 Å². The van der Waals surface area contributed by atoms with Gasteiger partial charge in [-0.05, 0) is 30.7 Å². The van der Waals surface area contributed by atoms with E-state index in [0.717, 1.165) is 5.56 Å². The summed E-state index contributed by atoms with van der Waals surface area (Å²) in [6.45, 7) is 1.92. The first-order valence-electron chi connectivity index (χ1n) is 4.80. The molecule has 0 aliphatic rings. The fourth-order valence-corrected chi connectivity index (χ4v) is 1.48. The summed E-state index contributed by atoms with van der Waals surface area (Å²) in [4.78, 5) is 3.97. The third-order valence-corrected chi connectivity index (χ3v) is 2.48. The van der Waals surface area contributed by atoms with Gasteiger partial charge in [-0.2, -0.15) is 0 Å². The first-order valence-corrected chi connectivity index (χ1v) is 5.18. The van der Waals surface area contributed by atoms with E-state index < -0.39 is 0 Å². The van der Waals surface area contributed by atoms with Crippen LogP contribution >= 0.6 is 11.6 Å². The monoisotopic (exact) mass is 234 g/mol. The van der Waals surface area contributed by atoms with Gasteiger partial charge in [0.05, 0.1) is 16.9 Å². The topological polar surface area (TPSA) is 48.1 Å². The summed E-state index contributed by atoms with van der Waals surface area (Å²) in [6, 6.07) is 7.13. The first-order chi connectivity index (χ1) is 7.66. The highest BCUT2D eigenvalue weighted by Crippen LogP contribution is 2.31. The Morgan fingerprint density at radius 2 is 2.19 bits per heavy atom. The molecule has 0 saturated heterocycles. The van der Waals surface area contributed by atoms with Crippen molar-refractivity contribution in [1.29, 1.82) is 0 Å². The van der Waals surface area contributed by atoms with E-state index in [2.05, 4.69) is 4.98 Å². The van der Waals surface area contributed by atoms with Gasteiger partial charge >= 0.3 is 0 Å². The van der Waals surface area contributed by atoms with Crippen molar-refractivity contribution in [2.24, 2.45) is 0 Å². The zero-order valence-electron chi connectivity index (χ0n) is 8.77. The molecule has 4 heteroatoms. The lowest BCUT2D eigenvalue weighted by atomic mass is 10.2. The Kier molecular flexibility index (Phi) is 2.97. The Morgan fingerprint density at radius 1 is 1.38 bits per heavy atom. The fourth-order valence-electron chi connectivity index (χ4n) is 1.33. The third kappa shape index (κ3) is 2.25. The Morgan fingerprint density at radius 3 is 2.88 bits per heavy atom. The summed E-state index contributed by atoms with van der Waals surface area (Å²) in [5.74, 6) is 1.36. The summed E-state index contributed by atoms with van der Waals surface area (Å²) in [7, 11) is 0. The van der Waals surface area contributed by atoms with Crippen LogP contribution in [0.25, 0.3) is 0 Å². The number of rotatable bonds is 2. The average Bonchev–Trinajstić information content (AvgIpc) is 2.27. The quantitative estimate of drug-likeness (QED) is 0.810. The molecule has 2 rings (SSSR count). The molecule has 0 atom stereocenters. The van der Waals surface area contributed by atoms with Gasteiger partial charge in [-0.3, -0.25) is 4.98 Å². The van der Waals surface area contributed by atoms with Crippen molar-refractivity contribution in [3.8, 4) is 11.5 Å². The van der Waals surface area contributed by atoms with E-state index in [4.69, 9.17) is 22.1 Å². The van der Waals surface area contributed by atoms with Gasteiger partial charge in [-0.25, -0.2) is 0 Å². The molecule has 82 valence electrons. The average molecular weight is 235 g/mol. The standard InChI is InChI=1S/C12H11ClN2O/c1-8-5-11(14)10(13)6-12(8)16-9-3-2-4-15-7-9/h2-7H,14H2,1H3. The van der Waals surface area contributed by atoms with Gasteiger partial charge in [0.15, 0.2) is 0 Å². The van der Waals surface area contributed by atoms with Gasteiger partial charge in [0, 0.05) is 12.3 Å². The number of nitrogen functional groups attached to an aromatic ring is 1. The van der Waals surface area contributed by atoms with Gasteiger partial charge in [0.1, 0.15) is 11.5 Å². The molecular formula is C12H11ClN2O. The van der Waals surface area contributed by atoms with Gasteiger partial charge in [0.25, 0.3) is 0 Å². The molecule has 0 spiro atoms. The Labute approximate surface area is 98.8 Å². The highest BCUT2D eigenvalue weighted by molar-refractivity contribution is 6.33. The van der Waals surface area contributed by atoms with E-state index in [0.29, 0.717) is 22.2 Å². The molecule has 1 aromatic heterocycles. The zero-order chi connectivity index (χ0) is 11.5. The van der Waals surface area contributed by atoms with E-state index in [-0.39, 0.29) is 0 Å². The van der Waals surface area contributed by atoms with Crippen molar-refractivity contribution in [3.05, 3.63) is 47.2 Å². The number of nitrogens with zero attached hydrogens (tertiary/aromatic N) is 1. The van der Waals surface area contributed by atoms with Crippen molar-refractivity contribution >= 4 is 17.3 Å². The number of ether oxygens (including phenoxy) is 1. The number of anilines is 1. The van der Waals surface area contributed by atoms with Gasteiger partial charge in [-0.15, -0.1) is 0 Å². The van der Waals surface area contributed by atoms with Crippen LogP contribution in [0.15, 0.2) is 36.7 Å². The number of aryl methyl sites for hydroxylation is 1. The number of hydrogen-bond acceptors (Lipinski definition) is 3. The molecule has 0 amide bonds. The Bertz CT molecular complexity index is 500. The second-order valence-corrected chi connectivity index (χ2v) is 3.84. The summed E-state index contributed by atoms with van der Waals surface area (Å²) < 4.78 is 5.64. The van der Waals surface area contributed by atoms with Gasteiger partial charge in [-0.1, -0.05) is 11.6 Å². The normalized spacial score (nSPS) is 10.1. The minimum atomic E-state index is 0.490. The molecular weight excluding hydrogens is 224 g/mol. The molecule has 1 aromatic carbocycles. The van der Waals surface area contributed by atoms with E-state index in [1.54, 1.807) is 24.5 Å². The van der Waals surface area contributed by atoms with Crippen LogP contribution in [0.4, 0.5) is 5.69 Å². The van der Waals surface area contributed by atoms with Crippen LogP contribution in [0.5, 0.6) is 11.5 Å². The molecule has 1 heterocycles. The predicted molar refractivity (Wildman–Crippen MR) is 64.9 cm³/mol. The molecule has 0 saturated carbocycles. The minimum absolute atomic E-state index is 0.490. The Balaban J connectivity index is 2.32. The lowest BCUT2D eigenvalue weighted by Crippen LogP contribution is -1.92. The molecule has 0 fully saturated rings. The van der Waals surface area contributed by atoms with Crippen LogP contribution in [-0.4, -0.2) is 4.98 Å². The maximum Gasteiger partial charge on any atom is 0.145 e. The maximum atomic E-state index is 5.93. The lowest BCUT2D eigenvalue weighted by molar-refractivity contribution is 0.476. The second kappa shape index (κ2) is 4.41. The van der Waals surface area contributed by atoms with Crippen LogP contribution in [-0.2, 0) is 0 Å². The summed E-state index contributed by atoms with van der Waals surface area (Å²) in [5.41, 5.74) is 7.17. The van der Waals surface area contributed by atoms with E-state index in [9.17, 15) is 0 Å². The summed E-state index contributed by atoms with van der Waals surface area (Å²) >= 11 is 5.93. The van der Waals surface area contributed by atoms with Crippen molar-refractivity contribution in [2.75, 3.05) is 5.73 Å². The first kappa shape index (κ1) is 10.8. The lowest BCUT2D eigenvalue weighted by Gasteiger charge is -2.09. The van der Waals surface area contributed by atoms with Crippen molar-refractivity contribution in [3.63, 3.8) is 0 Å². The zero-order valence-corrected chi connectivity index (χ0v) is 9.53. The van der Waals surface area contributed by atoms with E-state index >= 15 is 0 Å². The molecule has 2 aromatic rings. The fraction of sp³-hybridized carbons (Fsp3) is 0.0833. The number of hydrogen-bond donors (Lipinski definition) is 1. The number of aromatic nitrogens is 1. The van der Waals surface area contributed by atoms with Crippen molar-refractivity contribution in [1.82, 2.24) is 4.98 Å². The van der Waals surface area contributed by atoms with Gasteiger partial charge < -0.3 is 10.5 Å². The van der Waals surface area contributed by atoms with Gasteiger partial charge in [0.2, 0.25) is 0 Å². The van der Waals surface area contributed by atoms with E-state index in [1.807, 2.05) is 19.1 Å². The number of benzene rings is 1. The molecule has 0 bridgehead atoms. The number of nitrogens with two attached hydrogens (primary N) is 1. The van der Waals surface area contributed by atoms with Crippen molar-refractivity contribution in [2.45, 2.75) is 6.92 Å². The largest absolute Gasteiger partial charge is 0.455 e. The Hall–Kier alpha value is -1.74. The molecule has 3 nitrogen and oxygen atoms in total.